The molecule has 34 heavy (non-hydrogen) atoms. The van der Waals surface area contributed by atoms with Gasteiger partial charge in [-0.1, -0.05) is 68.2 Å². The maximum atomic E-state index is 12.7. The van der Waals surface area contributed by atoms with Gasteiger partial charge >= 0.3 is 41.5 Å². The fourth-order valence-electron chi connectivity index (χ4n) is 3.85. The Hall–Kier alpha value is -1.97. The Bertz CT molecular complexity index is 1010. The van der Waals surface area contributed by atoms with E-state index in [-0.39, 0.29) is 55.1 Å². The van der Waals surface area contributed by atoms with Crippen LogP contribution in [0.15, 0.2) is 48.5 Å². The summed E-state index contributed by atoms with van der Waals surface area (Å²) < 4.78 is 10.5. The summed E-state index contributed by atoms with van der Waals surface area (Å²) in [5.41, 5.74) is 9.74. The zero-order valence-corrected chi connectivity index (χ0v) is 23.2. The van der Waals surface area contributed by atoms with Gasteiger partial charge in [0.2, 0.25) is 0 Å². The monoisotopic (exact) mass is 491 g/mol. The van der Waals surface area contributed by atoms with E-state index in [2.05, 4.69) is 19.6 Å². The molecule has 176 valence electrons. The summed E-state index contributed by atoms with van der Waals surface area (Å²) in [5, 5.41) is 9.57. The topological polar surface area (TPSA) is 114 Å². The molecule has 7 nitrogen and oxygen atoms in total. The third-order valence-corrected chi connectivity index (χ3v) is 7.58. The Labute approximate surface area is 223 Å². The number of esters is 2. The van der Waals surface area contributed by atoms with Crippen molar-refractivity contribution in [2.75, 3.05) is 13.2 Å². The number of carbonyl (C=O) groups is 3. The molecule has 0 saturated carbocycles. The molecular weight excluding hydrogens is 461 g/mol. The van der Waals surface area contributed by atoms with Crippen LogP contribution in [0, 0.1) is 0 Å². The van der Waals surface area contributed by atoms with E-state index < -0.39 is 37.9 Å². The number of carbonyl (C=O) groups excluding carboxylic acids is 2. The second-order valence-corrected chi connectivity index (χ2v) is 15.2. The van der Waals surface area contributed by atoms with Crippen molar-refractivity contribution in [1.29, 1.82) is 0 Å². The van der Waals surface area contributed by atoms with Gasteiger partial charge in [0.25, 0.3) is 5.97 Å². The van der Waals surface area contributed by atoms with Gasteiger partial charge in [-0.25, -0.2) is 0 Å². The summed E-state index contributed by atoms with van der Waals surface area (Å²) in [6.45, 7) is 6.63. The van der Waals surface area contributed by atoms with Crippen molar-refractivity contribution in [1.82, 2.24) is 0 Å². The molecule has 0 aliphatic heterocycles. The number of hydrogen-bond donors (Lipinski definition) is 1. The summed E-state index contributed by atoms with van der Waals surface area (Å²) in [7, 11) is -1.38. The first-order chi connectivity index (χ1) is 15.5. The molecule has 1 aliphatic rings. The minimum atomic E-state index is -2.57. The van der Waals surface area contributed by atoms with E-state index in [0.29, 0.717) is 0 Å². The summed E-state index contributed by atoms with van der Waals surface area (Å²) >= 11 is 0. The Morgan fingerprint density at radius 2 is 1.50 bits per heavy atom. The van der Waals surface area contributed by atoms with E-state index >= 15 is 0 Å². The molecule has 2 N–H and O–H groups in total. The van der Waals surface area contributed by atoms with Crippen molar-refractivity contribution in [3.05, 3.63) is 65.4 Å². The minimum Gasteiger partial charge on any atom is -0.653 e. The second-order valence-electron chi connectivity index (χ2n) is 9.57. The van der Waals surface area contributed by atoms with Crippen LogP contribution in [0.4, 0.5) is 0 Å². The van der Waals surface area contributed by atoms with Crippen molar-refractivity contribution in [3.8, 4) is 11.1 Å². The normalized spacial score (nSPS) is 14.2. The molecule has 1 aliphatic carbocycles. The molecule has 2 aromatic rings. The fourth-order valence-corrected chi connectivity index (χ4v) is 4.57. The van der Waals surface area contributed by atoms with Crippen molar-refractivity contribution in [2.24, 2.45) is 0 Å². The quantitative estimate of drug-likeness (QED) is 0.308. The Kier molecular flexibility index (Phi) is 9.68. The molecule has 0 fully saturated rings. The summed E-state index contributed by atoms with van der Waals surface area (Å²) in [5.74, 6) is -3.68. The van der Waals surface area contributed by atoms with Crippen molar-refractivity contribution in [2.45, 2.75) is 50.0 Å². The molecule has 1 atom stereocenters. The molecule has 0 saturated heterocycles. The zero-order chi connectivity index (χ0) is 24.2. The van der Waals surface area contributed by atoms with Gasteiger partial charge in [-0.05, 0) is 34.7 Å². The molecule has 0 spiro atoms. The number of carboxylic acid groups (broad SMARTS) is 1. The summed E-state index contributed by atoms with van der Waals surface area (Å²) in [6.07, 6.45) is -0.851. The third-order valence-electron chi connectivity index (χ3n) is 5.88. The molecular formula is C25H30NNaO6Si. The van der Waals surface area contributed by atoms with Gasteiger partial charge in [0.05, 0.1) is 12.1 Å². The Morgan fingerprint density at radius 1 is 0.971 bits per heavy atom. The van der Waals surface area contributed by atoms with Crippen LogP contribution >= 0.6 is 0 Å². The van der Waals surface area contributed by atoms with Crippen LogP contribution in [0.5, 0.6) is 0 Å². The molecule has 2 aromatic carbocycles. The average Bonchev–Trinajstić information content (AvgIpc) is 3.08. The first-order valence-corrected chi connectivity index (χ1v) is 14.7. The van der Waals surface area contributed by atoms with Crippen molar-refractivity contribution in [3.63, 3.8) is 0 Å². The zero-order valence-electron chi connectivity index (χ0n) is 20.2. The van der Waals surface area contributed by atoms with E-state index in [1.807, 2.05) is 48.5 Å². The van der Waals surface area contributed by atoms with Gasteiger partial charge in [-0.3, -0.25) is 14.4 Å². The Morgan fingerprint density at radius 3 is 2.00 bits per heavy atom. The third kappa shape index (κ3) is 6.58. The number of fused-ring (bicyclic) bond motifs is 3. The molecule has 0 amide bonds. The molecule has 0 bridgehead atoms. The predicted octanol–water partition coefficient (Wildman–Crippen LogP) is 1.88. The van der Waals surface area contributed by atoms with E-state index in [1.165, 1.54) is 0 Å². The Balaban J connectivity index is 0.00000408. The molecule has 0 radical (unpaired) electrons. The number of nitrogens with one attached hydrogen (secondary N) is 1. The van der Waals surface area contributed by atoms with Crippen LogP contribution in [-0.4, -0.2) is 49.8 Å². The summed E-state index contributed by atoms with van der Waals surface area (Å²) in [4.78, 5) is 36.5. The van der Waals surface area contributed by atoms with Crippen molar-refractivity contribution < 1.29 is 58.5 Å². The number of benzene rings is 2. The largest absolute Gasteiger partial charge is 1.00 e. The van der Waals surface area contributed by atoms with E-state index in [0.717, 1.165) is 28.3 Å². The maximum absolute atomic E-state index is 12.7. The van der Waals surface area contributed by atoms with E-state index in [1.54, 1.807) is 0 Å². The first-order valence-electron chi connectivity index (χ1n) is 11.0. The molecule has 0 heterocycles. The molecule has 0 aromatic heterocycles. The molecule has 3 rings (SSSR count). The minimum absolute atomic E-state index is 0. The van der Waals surface area contributed by atoms with Crippen LogP contribution < -0.4 is 29.6 Å². The first kappa shape index (κ1) is 28.3. The number of hydrogen-bond acceptors (Lipinski definition) is 5. The predicted molar refractivity (Wildman–Crippen MR) is 128 cm³/mol. The number of ether oxygens (including phenoxy) is 2. The van der Waals surface area contributed by atoms with Crippen LogP contribution in [0.3, 0.4) is 0 Å². The second kappa shape index (κ2) is 11.6. The van der Waals surface area contributed by atoms with E-state index in [9.17, 15) is 19.5 Å². The van der Waals surface area contributed by atoms with Gasteiger partial charge in [0.1, 0.15) is 6.61 Å². The van der Waals surface area contributed by atoms with Crippen LogP contribution in [0.1, 0.15) is 29.9 Å². The van der Waals surface area contributed by atoms with Gasteiger partial charge in [0, 0.05) is 20.4 Å². The standard InChI is InChI=1S/C25H30NO6Si.Na/c1-33(2,3)15-14-31-22(27)12-13-25(26,23(28)29)24(30)32-16-21-19-10-6-4-8-17(19)18-9-5-7-11-20(18)21;/h4-11,21,26H,12-16H2,1-3H3,(H,28,29);/q-1;+1/t25-;/m0./s1. The molecule has 9 heteroatoms. The summed E-state index contributed by atoms with van der Waals surface area (Å²) in [6, 6.07) is 16.4. The number of carboxylic acids is 1. The van der Waals surface area contributed by atoms with Crippen molar-refractivity contribution >= 4 is 26.0 Å². The molecule has 0 unspecified atom stereocenters. The number of rotatable bonds is 10. The van der Waals surface area contributed by atoms with Crippen LogP contribution in [-0.2, 0) is 23.9 Å². The average molecular weight is 492 g/mol. The van der Waals surface area contributed by atoms with Crippen LogP contribution in [0.25, 0.3) is 16.9 Å². The smallest absolute Gasteiger partial charge is 0.653 e. The van der Waals surface area contributed by atoms with E-state index in [4.69, 9.17) is 15.2 Å². The van der Waals surface area contributed by atoms with Gasteiger partial charge in [0.15, 0.2) is 0 Å². The number of aliphatic carboxylic acids is 1. The maximum Gasteiger partial charge on any atom is 1.00 e. The van der Waals surface area contributed by atoms with Gasteiger partial charge in [-0.15, -0.1) is 0 Å². The van der Waals surface area contributed by atoms with Gasteiger partial charge < -0.3 is 20.3 Å². The SMILES string of the molecule is C[Si](C)(C)CCOC(=O)CC[C@]([NH-])(C(=O)O)C(=O)OCC1c2ccccc2-c2ccccc21.[Na+]. The van der Waals surface area contributed by atoms with Gasteiger partial charge in [-0.2, -0.15) is 0 Å². The fraction of sp³-hybridized carbons (Fsp3) is 0.400. The van der Waals surface area contributed by atoms with Crippen LogP contribution in [0.2, 0.25) is 25.7 Å².